The maximum atomic E-state index is 5.99. The van der Waals surface area contributed by atoms with Crippen LogP contribution in [-0.4, -0.2) is 13.1 Å². The van der Waals surface area contributed by atoms with Gasteiger partial charge in [-0.05, 0) is 37.5 Å². The number of nitrogens with zero attached hydrogens (tertiary/aromatic N) is 1. The average molecular weight is 241 g/mol. The van der Waals surface area contributed by atoms with Crippen molar-refractivity contribution in [2.24, 2.45) is 5.92 Å². The molecule has 0 spiro atoms. The van der Waals surface area contributed by atoms with Crippen molar-refractivity contribution in [1.82, 2.24) is 0 Å². The van der Waals surface area contributed by atoms with E-state index in [4.69, 9.17) is 17.3 Å². The van der Waals surface area contributed by atoms with Crippen LogP contribution in [0.2, 0.25) is 5.02 Å². The molecule has 1 rings (SSSR count). The van der Waals surface area contributed by atoms with E-state index in [1.807, 2.05) is 18.2 Å². The van der Waals surface area contributed by atoms with Gasteiger partial charge in [-0.15, -0.1) is 0 Å². The van der Waals surface area contributed by atoms with E-state index in [0.717, 1.165) is 22.8 Å². The standard InChI is InChI=1S/C13H21ClN2/c1-9(2)7-10(3)16(4)13-8-11(14)5-6-12(13)15/h5-6,8-10H,7,15H2,1-4H3. The van der Waals surface area contributed by atoms with Crippen LogP contribution in [0.4, 0.5) is 11.4 Å². The lowest BCUT2D eigenvalue weighted by Gasteiger charge is -2.29. The molecular weight excluding hydrogens is 220 g/mol. The van der Waals surface area contributed by atoms with Gasteiger partial charge in [0.05, 0.1) is 11.4 Å². The van der Waals surface area contributed by atoms with Gasteiger partial charge in [0.15, 0.2) is 0 Å². The minimum absolute atomic E-state index is 0.459. The first-order valence-electron chi connectivity index (χ1n) is 5.69. The van der Waals surface area contributed by atoms with Crippen LogP contribution in [0.3, 0.4) is 0 Å². The molecule has 1 atom stereocenters. The van der Waals surface area contributed by atoms with Gasteiger partial charge in [0.2, 0.25) is 0 Å². The summed E-state index contributed by atoms with van der Waals surface area (Å²) in [6.45, 7) is 6.66. The molecule has 0 bridgehead atoms. The monoisotopic (exact) mass is 240 g/mol. The molecule has 0 radical (unpaired) electrons. The van der Waals surface area contributed by atoms with E-state index in [2.05, 4.69) is 32.7 Å². The fourth-order valence-corrected chi connectivity index (χ4v) is 2.07. The number of nitrogens with two attached hydrogens (primary N) is 1. The quantitative estimate of drug-likeness (QED) is 0.812. The summed E-state index contributed by atoms with van der Waals surface area (Å²) in [7, 11) is 2.06. The fraction of sp³-hybridized carbons (Fsp3) is 0.538. The summed E-state index contributed by atoms with van der Waals surface area (Å²) in [6.07, 6.45) is 1.14. The van der Waals surface area contributed by atoms with Crippen LogP contribution in [0.1, 0.15) is 27.2 Å². The van der Waals surface area contributed by atoms with E-state index in [1.165, 1.54) is 0 Å². The van der Waals surface area contributed by atoms with Gasteiger partial charge in [0, 0.05) is 18.1 Å². The van der Waals surface area contributed by atoms with Gasteiger partial charge in [0.25, 0.3) is 0 Å². The summed E-state index contributed by atoms with van der Waals surface area (Å²) in [5.41, 5.74) is 7.75. The average Bonchev–Trinajstić information content (AvgIpc) is 2.19. The van der Waals surface area contributed by atoms with E-state index in [0.29, 0.717) is 12.0 Å². The van der Waals surface area contributed by atoms with Crippen LogP contribution < -0.4 is 10.6 Å². The lowest BCUT2D eigenvalue weighted by Crippen LogP contribution is -2.30. The third-order valence-electron chi connectivity index (χ3n) is 2.85. The Bertz CT molecular complexity index is 350. The molecule has 0 aliphatic heterocycles. The molecule has 1 unspecified atom stereocenters. The summed E-state index contributed by atoms with van der Waals surface area (Å²) in [5.74, 6) is 0.679. The molecular formula is C13H21ClN2. The molecule has 0 aliphatic rings. The molecule has 3 heteroatoms. The first-order chi connectivity index (χ1) is 7.41. The molecule has 0 heterocycles. The Hall–Kier alpha value is -0.890. The fourth-order valence-electron chi connectivity index (χ4n) is 1.90. The Balaban J connectivity index is 2.86. The smallest absolute Gasteiger partial charge is 0.0614 e. The Kier molecular flexibility index (Phi) is 4.48. The van der Waals surface area contributed by atoms with Crippen LogP contribution in [-0.2, 0) is 0 Å². The normalized spacial score (nSPS) is 12.9. The number of hydrogen-bond donors (Lipinski definition) is 1. The molecule has 1 aromatic carbocycles. The van der Waals surface area contributed by atoms with Gasteiger partial charge >= 0.3 is 0 Å². The molecule has 16 heavy (non-hydrogen) atoms. The highest BCUT2D eigenvalue weighted by Gasteiger charge is 2.14. The SMILES string of the molecule is CC(C)CC(C)N(C)c1cc(Cl)ccc1N. The van der Waals surface area contributed by atoms with Crippen molar-refractivity contribution in [1.29, 1.82) is 0 Å². The van der Waals surface area contributed by atoms with Crippen LogP contribution in [0, 0.1) is 5.92 Å². The second-order valence-electron chi connectivity index (χ2n) is 4.79. The first kappa shape index (κ1) is 13.2. The van der Waals surface area contributed by atoms with Crippen molar-refractivity contribution in [3.8, 4) is 0 Å². The molecule has 0 saturated heterocycles. The van der Waals surface area contributed by atoms with E-state index >= 15 is 0 Å². The van der Waals surface area contributed by atoms with Crippen molar-refractivity contribution in [3.05, 3.63) is 23.2 Å². The maximum Gasteiger partial charge on any atom is 0.0614 e. The molecule has 2 N–H and O–H groups in total. The number of nitrogen functional groups attached to an aromatic ring is 1. The van der Waals surface area contributed by atoms with Crippen LogP contribution in [0.25, 0.3) is 0 Å². The van der Waals surface area contributed by atoms with Crippen molar-refractivity contribution < 1.29 is 0 Å². The van der Waals surface area contributed by atoms with Gasteiger partial charge in [-0.2, -0.15) is 0 Å². The van der Waals surface area contributed by atoms with Gasteiger partial charge < -0.3 is 10.6 Å². The largest absolute Gasteiger partial charge is 0.397 e. The van der Waals surface area contributed by atoms with Crippen LogP contribution in [0.15, 0.2) is 18.2 Å². The van der Waals surface area contributed by atoms with Crippen LogP contribution in [0.5, 0.6) is 0 Å². The van der Waals surface area contributed by atoms with Gasteiger partial charge in [-0.3, -0.25) is 0 Å². The molecule has 0 saturated carbocycles. The summed E-state index contributed by atoms with van der Waals surface area (Å²) in [6, 6.07) is 6.06. The Morgan fingerprint density at radius 1 is 1.31 bits per heavy atom. The van der Waals surface area contributed by atoms with Crippen molar-refractivity contribution in [3.63, 3.8) is 0 Å². The molecule has 2 nitrogen and oxygen atoms in total. The number of halogens is 1. The Morgan fingerprint density at radius 2 is 1.94 bits per heavy atom. The maximum absolute atomic E-state index is 5.99. The minimum atomic E-state index is 0.459. The van der Waals surface area contributed by atoms with Crippen LogP contribution >= 0.6 is 11.6 Å². The summed E-state index contributed by atoms with van der Waals surface area (Å²) in [4.78, 5) is 2.20. The zero-order valence-corrected chi connectivity index (χ0v) is 11.3. The lowest BCUT2D eigenvalue weighted by molar-refractivity contribution is 0.504. The van der Waals surface area contributed by atoms with Gasteiger partial charge in [-0.25, -0.2) is 0 Å². The third-order valence-corrected chi connectivity index (χ3v) is 3.08. The Morgan fingerprint density at radius 3 is 2.50 bits per heavy atom. The lowest BCUT2D eigenvalue weighted by atomic mass is 10.0. The summed E-state index contributed by atoms with van der Waals surface area (Å²) >= 11 is 5.99. The highest BCUT2D eigenvalue weighted by Crippen LogP contribution is 2.28. The predicted molar refractivity (Wildman–Crippen MR) is 73.2 cm³/mol. The second kappa shape index (κ2) is 5.44. The minimum Gasteiger partial charge on any atom is -0.397 e. The summed E-state index contributed by atoms with van der Waals surface area (Å²) < 4.78 is 0. The van der Waals surface area contributed by atoms with E-state index in [-0.39, 0.29) is 0 Å². The molecule has 90 valence electrons. The highest BCUT2D eigenvalue weighted by atomic mass is 35.5. The molecule has 1 aromatic rings. The van der Waals surface area contributed by atoms with Crippen molar-refractivity contribution in [2.75, 3.05) is 17.7 Å². The molecule has 0 aliphatic carbocycles. The topological polar surface area (TPSA) is 29.3 Å². The molecule has 0 aromatic heterocycles. The number of benzene rings is 1. The van der Waals surface area contributed by atoms with E-state index in [1.54, 1.807) is 0 Å². The summed E-state index contributed by atoms with van der Waals surface area (Å²) in [5, 5.41) is 0.729. The second-order valence-corrected chi connectivity index (χ2v) is 5.23. The van der Waals surface area contributed by atoms with E-state index in [9.17, 15) is 0 Å². The van der Waals surface area contributed by atoms with Gasteiger partial charge in [-0.1, -0.05) is 25.4 Å². The highest BCUT2D eigenvalue weighted by molar-refractivity contribution is 6.31. The predicted octanol–water partition coefficient (Wildman–Crippen LogP) is 3.79. The number of hydrogen-bond acceptors (Lipinski definition) is 2. The third kappa shape index (κ3) is 3.31. The van der Waals surface area contributed by atoms with E-state index < -0.39 is 0 Å². The number of anilines is 2. The Labute approximate surface area is 103 Å². The number of rotatable bonds is 4. The zero-order chi connectivity index (χ0) is 12.3. The molecule has 0 fully saturated rings. The molecule has 0 amide bonds. The van der Waals surface area contributed by atoms with Crippen molar-refractivity contribution >= 4 is 23.0 Å². The first-order valence-corrected chi connectivity index (χ1v) is 6.07. The zero-order valence-electron chi connectivity index (χ0n) is 10.5. The van der Waals surface area contributed by atoms with Gasteiger partial charge in [0.1, 0.15) is 0 Å². The van der Waals surface area contributed by atoms with Crippen molar-refractivity contribution in [2.45, 2.75) is 33.2 Å².